The number of benzene rings is 1. The average Bonchev–Trinajstić information content (AvgIpc) is 2.30. The molecule has 0 saturated carbocycles. The quantitative estimate of drug-likeness (QED) is 0.579. The third-order valence-electron chi connectivity index (χ3n) is 3.51. The number of aliphatic hydroxyl groups excluding tert-OH is 1. The van der Waals surface area contributed by atoms with Crippen LogP contribution < -0.4 is 0 Å². The molecule has 1 N–H and O–H groups in total. The minimum Gasteiger partial charge on any atom is -0.390 e. The predicted molar refractivity (Wildman–Crippen MR) is 58.5 cm³/mol. The fourth-order valence-electron chi connectivity index (χ4n) is 2.45. The molecule has 3 nitrogen and oxygen atoms in total. The molecule has 0 spiro atoms. The molecule has 1 aliphatic carbocycles. The SMILES string of the molecule is C[C@@H](O)[C@@]12C=C[C@@](C)(OO1)c1ccccc12. The van der Waals surface area contributed by atoms with Crippen molar-refractivity contribution in [3.63, 3.8) is 0 Å². The lowest BCUT2D eigenvalue weighted by molar-refractivity contribution is -0.430. The molecule has 0 unspecified atom stereocenters. The zero-order valence-electron chi connectivity index (χ0n) is 9.31. The van der Waals surface area contributed by atoms with E-state index in [1.165, 1.54) is 0 Å². The largest absolute Gasteiger partial charge is 0.390 e. The first-order chi connectivity index (χ1) is 7.58. The highest BCUT2D eigenvalue weighted by Crippen LogP contribution is 2.50. The monoisotopic (exact) mass is 218 g/mol. The van der Waals surface area contributed by atoms with Gasteiger partial charge in [-0.25, -0.2) is 9.78 Å². The molecule has 84 valence electrons. The highest BCUT2D eigenvalue weighted by atomic mass is 17.2. The summed E-state index contributed by atoms with van der Waals surface area (Å²) < 4.78 is 0. The molecular weight excluding hydrogens is 204 g/mol. The van der Waals surface area contributed by atoms with E-state index in [4.69, 9.17) is 9.78 Å². The van der Waals surface area contributed by atoms with Gasteiger partial charge in [-0.3, -0.25) is 0 Å². The number of rotatable bonds is 1. The average molecular weight is 218 g/mol. The van der Waals surface area contributed by atoms with E-state index in [1.54, 1.807) is 6.92 Å². The van der Waals surface area contributed by atoms with Crippen molar-refractivity contribution in [2.24, 2.45) is 0 Å². The summed E-state index contributed by atoms with van der Waals surface area (Å²) in [7, 11) is 0. The van der Waals surface area contributed by atoms with Crippen molar-refractivity contribution in [1.29, 1.82) is 0 Å². The van der Waals surface area contributed by atoms with Gasteiger partial charge in [0, 0.05) is 5.56 Å². The van der Waals surface area contributed by atoms with E-state index in [0.29, 0.717) is 0 Å². The van der Waals surface area contributed by atoms with Gasteiger partial charge in [-0.1, -0.05) is 24.3 Å². The molecule has 1 aromatic rings. The summed E-state index contributed by atoms with van der Waals surface area (Å²) in [5.74, 6) is 0. The summed E-state index contributed by atoms with van der Waals surface area (Å²) >= 11 is 0. The van der Waals surface area contributed by atoms with Gasteiger partial charge in [-0.15, -0.1) is 0 Å². The standard InChI is InChI=1S/C13H14O3/c1-9(14)13-8-7-12(2,15-16-13)10-5-3-4-6-11(10)13/h3-9,14H,1-2H3/t9-,12-,13-/m1/s1. The zero-order valence-corrected chi connectivity index (χ0v) is 9.31. The Bertz CT molecular complexity index is 466. The molecule has 0 amide bonds. The van der Waals surface area contributed by atoms with Crippen LogP contribution in [-0.4, -0.2) is 11.2 Å². The van der Waals surface area contributed by atoms with Crippen LogP contribution in [0, 0.1) is 0 Å². The van der Waals surface area contributed by atoms with Gasteiger partial charge in [-0.05, 0) is 31.6 Å². The lowest BCUT2D eigenvalue weighted by Gasteiger charge is -2.48. The van der Waals surface area contributed by atoms with Crippen LogP contribution in [0.1, 0.15) is 25.0 Å². The van der Waals surface area contributed by atoms with Gasteiger partial charge in [0.2, 0.25) is 0 Å². The summed E-state index contributed by atoms with van der Waals surface area (Å²) in [5.41, 5.74) is 0.660. The maximum atomic E-state index is 9.93. The molecule has 3 aliphatic rings. The van der Waals surface area contributed by atoms with E-state index < -0.39 is 17.3 Å². The molecule has 0 fully saturated rings. The Balaban J connectivity index is 2.29. The Labute approximate surface area is 94.2 Å². The third kappa shape index (κ3) is 1.03. The number of fused-ring (bicyclic) bond motifs is 1. The van der Waals surface area contributed by atoms with Crippen molar-refractivity contribution in [3.8, 4) is 0 Å². The Morgan fingerprint density at radius 3 is 2.38 bits per heavy atom. The first-order valence-electron chi connectivity index (χ1n) is 5.44. The highest BCUT2D eigenvalue weighted by Gasteiger charge is 2.52. The van der Waals surface area contributed by atoms with Crippen LogP contribution in [0.4, 0.5) is 0 Å². The van der Waals surface area contributed by atoms with Crippen molar-refractivity contribution < 1.29 is 14.9 Å². The van der Waals surface area contributed by atoms with Gasteiger partial charge < -0.3 is 5.11 Å². The molecule has 3 heteroatoms. The van der Waals surface area contributed by atoms with Crippen molar-refractivity contribution in [3.05, 3.63) is 47.5 Å². The second-order valence-corrected chi connectivity index (χ2v) is 4.62. The lowest BCUT2D eigenvalue weighted by atomic mass is 9.74. The second-order valence-electron chi connectivity index (χ2n) is 4.62. The van der Waals surface area contributed by atoms with E-state index >= 15 is 0 Å². The molecule has 0 radical (unpaired) electrons. The van der Waals surface area contributed by atoms with Crippen molar-refractivity contribution in [2.45, 2.75) is 31.2 Å². The number of hydrogen-bond donors (Lipinski definition) is 1. The van der Waals surface area contributed by atoms with Crippen LogP contribution in [0.2, 0.25) is 0 Å². The number of hydrogen-bond acceptors (Lipinski definition) is 3. The first kappa shape index (κ1) is 10.0. The fraction of sp³-hybridized carbons (Fsp3) is 0.385. The highest BCUT2D eigenvalue weighted by molar-refractivity contribution is 5.47. The molecule has 2 bridgehead atoms. The molecule has 1 aromatic carbocycles. The van der Waals surface area contributed by atoms with Gasteiger partial charge in [0.05, 0.1) is 6.10 Å². The fourth-order valence-corrected chi connectivity index (χ4v) is 2.45. The van der Waals surface area contributed by atoms with Crippen LogP contribution in [0.3, 0.4) is 0 Å². The van der Waals surface area contributed by atoms with Gasteiger partial charge in [0.15, 0.2) is 5.60 Å². The van der Waals surface area contributed by atoms with Crippen LogP contribution >= 0.6 is 0 Å². The maximum absolute atomic E-state index is 9.93. The molecule has 2 heterocycles. The minimum absolute atomic E-state index is 0.534. The normalized spacial score (nSPS) is 37.2. The first-order valence-corrected chi connectivity index (χ1v) is 5.44. The molecule has 0 saturated heterocycles. The van der Waals surface area contributed by atoms with E-state index in [9.17, 15) is 5.11 Å². The number of aliphatic hydroxyl groups is 1. The molecule has 2 aliphatic heterocycles. The van der Waals surface area contributed by atoms with Crippen LogP contribution in [0.15, 0.2) is 36.4 Å². The summed E-state index contributed by atoms with van der Waals surface area (Å²) in [6.45, 7) is 3.66. The topological polar surface area (TPSA) is 38.7 Å². The van der Waals surface area contributed by atoms with Crippen molar-refractivity contribution >= 4 is 0 Å². The summed E-state index contributed by atoms with van der Waals surface area (Å²) in [6.07, 6.45) is 3.18. The van der Waals surface area contributed by atoms with Gasteiger partial charge in [0.1, 0.15) is 5.60 Å². The molecule has 4 rings (SSSR count). The maximum Gasteiger partial charge on any atom is 0.172 e. The molecule has 0 aromatic heterocycles. The van der Waals surface area contributed by atoms with Crippen molar-refractivity contribution in [2.75, 3.05) is 0 Å². The Hall–Kier alpha value is -1.16. The zero-order chi connectivity index (χ0) is 11.4. The lowest BCUT2D eigenvalue weighted by Crippen LogP contribution is -2.50. The van der Waals surface area contributed by atoms with Crippen molar-refractivity contribution in [1.82, 2.24) is 0 Å². The van der Waals surface area contributed by atoms with Crippen LogP contribution in [0.25, 0.3) is 0 Å². The minimum atomic E-state index is -0.853. The van der Waals surface area contributed by atoms with Crippen LogP contribution in [0.5, 0.6) is 0 Å². The summed E-state index contributed by atoms with van der Waals surface area (Å²) in [6, 6.07) is 7.91. The Morgan fingerprint density at radius 2 is 1.81 bits per heavy atom. The van der Waals surface area contributed by atoms with E-state index in [2.05, 4.69) is 0 Å². The molecule has 3 atom stereocenters. The van der Waals surface area contributed by atoms with Gasteiger partial charge >= 0.3 is 0 Å². The van der Waals surface area contributed by atoms with Crippen LogP contribution in [-0.2, 0) is 21.0 Å². The van der Waals surface area contributed by atoms with Gasteiger partial charge in [-0.2, -0.15) is 0 Å². The van der Waals surface area contributed by atoms with Gasteiger partial charge in [0.25, 0.3) is 0 Å². The molecule has 16 heavy (non-hydrogen) atoms. The summed E-state index contributed by atoms with van der Waals surface area (Å²) in [5, 5.41) is 9.93. The third-order valence-corrected chi connectivity index (χ3v) is 3.51. The predicted octanol–water partition coefficient (Wildman–Crippen LogP) is 2.01. The second kappa shape index (κ2) is 2.94. The van der Waals surface area contributed by atoms with E-state index in [1.807, 2.05) is 43.3 Å². The summed E-state index contributed by atoms with van der Waals surface area (Å²) in [4.78, 5) is 10.8. The van der Waals surface area contributed by atoms with E-state index in [-0.39, 0.29) is 0 Å². The Morgan fingerprint density at radius 1 is 1.12 bits per heavy atom. The Kier molecular flexibility index (Phi) is 1.84. The molecular formula is C13H14O3. The van der Waals surface area contributed by atoms with E-state index in [0.717, 1.165) is 11.1 Å². The smallest absolute Gasteiger partial charge is 0.172 e.